The van der Waals surface area contributed by atoms with Crippen LogP contribution in [0.4, 0.5) is 10.5 Å². The SMILES string of the molecule is CC(C)Cn1ncc(NC(=O)N2C[C@H]3CN(Cc4ccccc4)C[C@H]3C2)c1C1CC1. The number of amides is 2. The lowest BCUT2D eigenvalue weighted by atomic mass is 10.0. The van der Waals surface area contributed by atoms with Crippen LogP contribution in [0.5, 0.6) is 0 Å². The number of hydrogen-bond donors (Lipinski definition) is 1. The highest BCUT2D eigenvalue weighted by molar-refractivity contribution is 5.90. The van der Waals surface area contributed by atoms with Gasteiger partial charge in [-0.1, -0.05) is 44.2 Å². The maximum atomic E-state index is 13.0. The second kappa shape index (κ2) is 8.06. The highest BCUT2D eigenvalue weighted by Gasteiger charge is 2.42. The fourth-order valence-electron chi connectivity index (χ4n) is 5.19. The third-order valence-electron chi connectivity index (χ3n) is 6.72. The van der Waals surface area contributed by atoms with E-state index >= 15 is 0 Å². The summed E-state index contributed by atoms with van der Waals surface area (Å²) in [7, 11) is 0. The number of urea groups is 1. The molecule has 2 aliphatic heterocycles. The molecule has 3 aliphatic rings. The molecule has 5 rings (SSSR count). The smallest absolute Gasteiger partial charge is 0.321 e. The minimum atomic E-state index is 0.0463. The molecule has 0 radical (unpaired) electrons. The summed E-state index contributed by atoms with van der Waals surface area (Å²) in [4.78, 5) is 17.6. The fraction of sp³-hybridized carbons (Fsp3) is 0.583. The van der Waals surface area contributed by atoms with E-state index in [4.69, 9.17) is 0 Å². The summed E-state index contributed by atoms with van der Waals surface area (Å²) in [6.45, 7) is 10.2. The molecule has 2 atom stereocenters. The number of benzene rings is 1. The Bertz CT molecular complexity index is 874. The Morgan fingerprint density at radius 3 is 2.43 bits per heavy atom. The molecule has 6 heteroatoms. The van der Waals surface area contributed by atoms with Gasteiger partial charge in [-0.3, -0.25) is 9.58 Å². The first-order valence-electron chi connectivity index (χ1n) is 11.4. The molecule has 0 unspecified atom stereocenters. The summed E-state index contributed by atoms with van der Waals surface area (Å²) >= 11 is 0. The maximum absolute atomic E-state index is 13.0. The van der Waals surface area contributed by atoms with Crippen LogP contribution < -0.4 is 5.32 Å². The topological polar surface area (TPSA) is 53.4 Å². The van der Waals surface area contributed by atoms with Crippen LogP contribution in [0, 0.1) is 17.8 Å². The van der Waals surface area contributed by atoms with Crippen LogP contribution in [0.3, 0.4) is 0 Å². The van der Waals surface area contributed by atoms with E-state index in [0.717, 1.165) is 45.0 Å². The van der Waals surface area contributed by atoms with E-state index < -0.39 is 0 Å². The van der Waals surface area contributed by atoms with Crippen LogP contribution in [0.25, 0.3) is 0 Å². The standard InChI is InChI=1S/C24H33N5O/c1-17(2)11-29-23(19-8-9-19)22(10-25-29)26-24(30)28-15-20-13-27(14-21(20)16-28)12-18-6-4-3-5-7-18/h3-7,10,17,19-21H,8-9,11-16H2,1-2H3,(H,26,30)/t20-,21+. The van der Waals surface area contributed by atoms with Gasteiger partial charge in [-0.15, -0.1) is 0 Å². The van der Waals surface area contributed by atoms with E-state index in [1.54, 1.807) is 0 Å². The van der Waals surface area contributed by atoms with E-state index in [1.165, 1.54) is 24.1 Å². The highest BCUT2D eigenvalue weighted by atomic mass is 16.2. The van der Waals surface area contributed by atoms with Crippen molar-refractivity contribution in [3.63, 3.8) is 0 Å². The molecule has 0 bridgehead atoms. The molecule has 2 amide bonds. The summed E-state index contributed by atoms with van der Waals surface area (Å²) in [6.07, 6.45) is 4.27. The number of fused-ring (bicyclic) bond motifs is 1. The van der Waals surface area contributed by atoms with Gasteiger partial charge in [0.15, 0.2) is 0 Å². The largest absolute Gasteiger partial charge is 0.324 e. The molecule has 2 aromatic rings. The summed E-state index contributed by atoms with van der Waals surface area (Å²) < 4.78 is 2.11. The van der Waals surface area contributed by atoms with Crippen LogP contribution in [-0.2, 0) is 13.1 Å². The molecular formula is C24H33N5O. The van der Waals surface area contributed by atoms with Crippen LogP contribution in [-0.4, -0.2) is 51.8 Å². The summed E-state index contributed by atoms with van der Waals surface area (Å²) in [5, 5.41) is 7.78. The third-order valence-corrected chi connectivity index (χ3v) is 6.72. The molecule has 3 heterocycles. The number of nitrogens with zero attached hydrogens (tertiary/aromatic N) is 4. The minimum Gasteiger partial charge on any atom is -0.324 e. The van der Waals surface area contributed by atoms with E-state index in [9.17, 15) is 4.79 Å². The van der Waals surface area contributed by atoms with Crippen LogP contribution >= 0.6 is 0 Å². The van der Waals surface area contributed by atoms with Crippen molar-refractivity contribution in [2.45, 2.75) is 45.7 Å². The van der Waals surface area contributed by atoms with Gasteiger partial charge in [0, 0.05) is 45.2 Å². The highest BCUT2D eigenvalue weighted by Crippen LogP contribution is 2.43. The lowest BCUT2D eigenvalue weighted by molar-refractivity contribution is 0.212. The number of hydrogen-bond acceptors (Lipinski definition) is 3. The molecule has 0 spiro atoms. The Morgan fingerprint density at radius 1 is 1.10 bits per heavy atom. The first-order valence-corrected chi connectivity index (χ1v) is 11.4. The zero-order valence-electron chi connectivity index (χ0n) is 18.1. The van der Waals surface area contributed by atoms with Gasteiger partial charge in [0.1, 0.15) is 0 Å². The normalized spacial score (nSPS) is 23.9. The quantitative estimate of drug-likeness (QED) is 0.787. The predicted octanol–water partition coefficient (Wildman–Crippen LogP) is 4.01. The van der Waals surface area contributed by atoms with Gasteiger partial charge in [-0.2, -0.15) is 5.10 Å². The van der Waals surface area contributed by atoms with Crippen molar-refractivity contribution in [3.05, 3.63) is 47.8 Å². The Kier molecular flexibility index (Phi) is 5.27. The van der Waals surface area contributed by atoms with E-state index in [0.29, 0.717) is 23.7 Å². The second-order valence-corrected chi connectivity index (χ2v) is 9.83. The number of carbonyl (C=O) groups is 1. The molecule has 30 heavy (non-hydrogen) atoms. The van der Waals surface area contributed by atoms with Crippen LogP contribution in [0.2, 0.25) is 0 Å². The zero-order valence-corrected chi connectivity index (χ0v) is 18.1. The molecule has 2 saturated heterocycles. The van der Waals surface area contributed by atoms with Gasteiger partial charge >= 0.3 is 6.03 Å². The Balaban J connectivity index is 1.18. The molecule has 6 nitrogen and oxygen atoms in total. The third kappa shape index (κ3) is 4.10. The van der Waals surface area contributed by atoms with Gasteiger partial charge in [-0.25, -0.2) is 4.79 Å². The molecule has 1 aliphatic carbocycles. The minimum absolute atomic E-state index is 0.0463. The van der Waals surface area contributed by atoms with Crippen LogP contribution in [0.1, 0.15) is 43.9 Å². The molecular weight excluding hydrogens is 374 g/mol. The summed E-state index contributed by atoms with van der Waals surface area (Å²) in [5.74, 6) is 2.28. The van der Waals surface area contributed by atoms with Gasteiger partial charge in [-0.05, 0) is 36.2 Å². The Morgan fingerprint density at radius 2 is 1.80 bits per heavy atom. The molecule has 160 valence electrons. The van der Waals surface area contributed by atoms with Gasteiger partial charge in [0.05, 0.1) is 17.6 Å². The number of aromatic nitrogens is 2. The number of likely N-dealkylation sites (tertiary alicyclic amines) is 2. The number of carbonyl (C=O) groups excluding carboxylic acids is 1. The first kappa shape index (κ1) is 19.6. The second-order valence-electron chi connectivity index (χ2n) is 9.83. The summed E-state index contributed by atoms with van der Waals surface area (Å²) in [5.41, 5.74) is 3.52. The predicted molar refractivity (Wildman–Crippen MR) is 118 cm³/mol. The molecule has 1 N–H and O–H groups in total. The van der Waals surface area contributed by atoms with Crippen molar-refractivity contribution < 1.29 is 4.79 Å². The monoisotopic (exact) mass is 407 g/mol. The number of nitrogens with one attached hydrogen (secondary N) is 1. The van der Waals surface area contributed by atoms with E-state index in [1.807, 2.05) is 11.1 Å². The lowest BCUT2D eigenvalue weighted by Gasteiger charge is -2.22. The van der Waals surface area contributed by atoms with E-state index in [2.05, 4.69) is 64.2 Å². The number of rotatable bonds is 6. The summed E-state index contributed by atoms with van der Waals surface area (Å²) in [6, 6.07) is 10.7. The van der Waals surface area contributed by atoms with Gasteiger partial charge in [0.25, 0.3) is 0 Å². The van der Waals surface area contributed by atoms with Crippen molar-refractivity contribution in [1.82, 2.24) is 19.6 Å². The van der Waals surface area contributed by atoms with Gasteiger partial charge in [0.2, 0.25) is 0 Å². The average Bonchev–Trinajstić information content (AvgIpc) is 3.19. The van der Waals surface area contributed by atoms with Crippen molar-refractivity contribution >= 4 is 11.7 Å². The average molecular weight is 408 g/mol. The van der Waals surface area contributed by atoms with Crippen molar-refractivity contribution in [2.24, 2.45) is 17.8 Å². The van der Waals surface area contributed by atoms with Crippen molar-refractivity contribution in [3.8, 4) is 0 Å². The Hall–Kier alpha value is -2.34. The van der Waals surface area contributed by atoms with Crippen molar-refractivity contribution in [2.75, 3.05) is 31.5 Å². The molecule has 1 aromatic heterocycles. The van der Waals surface area contributed by atoms with Gasteiger partial charge < -0.3 is 10.2 Å². The fourth-order valence-corrected chi connectivity index (χ4v) is 5.19. The first-order chi connectivity index (χ1) is 14.6. The van der Waals surface area contributed by atoms with Crippen LogP contribution in [0.15, 0.2) is 36.5 Å². The van der Waals surface area contributed by atoms with E-state index in [-0.39, 0.29) is 6.03 Å². The van der Waals surface area contributed by atoms with Crippen molar-refractivity contribution in [1.29, 1.82) is 0 Å². The molecule has 1 aromatic carbocycles. The maximum Gasteiger partial charge on any atom is 0.321 e. The Labute approximate surface area is 179 Å². The molecule has 1 saturated carbocycles. The zero-order chi connectivity index (χ0) is 20.7. The number of anilines is 1. The molecule has 3 fully saturated rings. The lowest BCUT2D eigenvalue weighted by Crippen LogP contribution is -2.36.